The molecule has 0 aromatic heterocycles. The van der Waals surface area contributed by atoms with Crippen LogP contribution in [-0.2, 0) is 4.79 Å². The van der Waals surface area contributed by atoms with Gasteiger partial charge in [-0.1, -0.05) is 12.2 Å². The van der Waals surface area contributed by atoms with E-state index < -0.39 is 5.91 Å². The highest BCUT2D eigenvalue weighted by molar-refractivity contribution is 7.80. The number of thiocarbonyl (C=S) groups is 1. The van der Waals surface area contributed by atoms with E-state index in [4.69, 9.17) is 33.2 Å². The molecule has 4 N–H and O–H groups in total. The van der Waals surface area contributed by atoms with Crippen molar-refractivity contribution in [1.82, 2.24) is 0 Å². The largest absolute Gasteiger partial charge is 0.490 e. The smallest absolute Gasteiger partial charge is 0.255 e. The summed E-state index contributed by atoms with van der Waals surface area (Å²) in [7, 11) is 0. The molecular formula is C11H14N2O3S. The lowest BCUT2D eigenvalue weighted by Crippen LogP contribution is -2.20. The van der Waals surface area contributed by atoms with Crippen LogP contribution in [-0.4, -0.2) is 24.1 Å². The van der Waals surface area contributed by atoms with Crippen LogP contribution in [0.5, 0.6) is 11.5 Å². The van der Waals surface area contributed by atoms with Gasteiger partial charge in [0, 0.05) is 5.56 Å². The molecule has 1 aromatic carbocycles. The average molecular weight is 254 g/mol. The van der Waals surface area contributed by atoms with Crippen molar-refractivity contribution in [2.24, 2.45) is 11.5 Å². The molecule has 0 bridgehead atoms. The Morgan fingerprint density at radius 3 is 2.53 bits per heavy atom. The van der Waals surface area contributed by atoms with Crippen LogP contribution in [0.4, 0.5) is 0 Å². The Labute approximate surface area is 105 Å². The van der Waals surface area contributed by atoms with E-state index in [0.717, 1.165) is 0 Å². The highest BCUT2D eigenvalue weighted by atomic mass is 32.1. The van der Waals surface area contributed by atoms with Gasteiger partial charge < -0.3 is 20.9 Å². The third-order valence-corrected chi connectivity index (χ3v) is 2.13. The predicted octanol–water partition coefficient (Wildman–Crippen LogP) is 0.584. The number of rotatable bonds is 6. The Kier molecular flexibility index (Phi) is 4.71. The van der Waals surface area contributed by atoms with Crippen molar-refractivity contribution in [3.8, 4) is 11.5 Å². The zero-order valence-corrected chi connectivity index (χ0v) is 10.3. The number of nitrogens with two attached hydrogens (primary N) is 2. The zero-order chi connectivity index (χ0) is 12.8. The van der Waals surface area contributed by atoms with Crippen molar-refractivity contribution in [3.05, 3.63) is 23.8 Å². The first-order valence-corrected chi connectivity index (χ1v) is 5.43. The van der Waals surface area contributed by atoms with E-state index in [1.807, 2.05) is 6.92 Å². The van der Waals surface area contributed by atoms with E-state index in [2.05, 4.69) is 0 Å². The molecular weight excluding hydrogens is 240 g/mol. The summed E-state index contributed by atoms with van der Waals surface area (Å²) in [4.78, 5) is 10.9. The fraction of sp³-hybridized carbons (Fsp3) is 0.273. The molecule has 0 aliphatic carbocycles. The van der Waals surface area contributed by atoms with Gasteiger partial charge in [0.25, 0.3) is 5.91 Å². The molecule has 0 saturated carbocycles. The third-order valence-electron chi connectivity index (χ3n) is 1.90. The molecule has 0 atom stereocenters. The van der Waals surface area contributed by atoms with E-state index in [1.165, 1.54) is 0 Å². The number of carbonyl (C=O) groups excluding carboxylic acids is 1. The van der Waals surface area contributed by atoms with Gasteiger partial charge in [0.2, 0.25) is 0 Å². The summed E-state index contributed by atoms with van der Waals surface area (Å²) in [6.07, 6.45) is 0. The van der Waals surface area contributed by atoms with Crippen molar-refractivity contribution >= 4 is 23.1 Å². The molecule has 0 fully saturated rings. The maximum Gasteiger partial charge on any atom is 0.255 e. The summed E-state index contributed by atoms with van der Waals surface area (Å²) in [5, 5.41) is 0. The summed E-state index contributed by atoms with van der Waals surface area (Å²) < 4.78 is 10.6. The molecule has 5 nitrogen and oxygen atoms in total. The molecule has 0 aliphatic rings. The second-order valence-corrected chi connectivity index (χ2v) is 3.65. The van der Waals surface area contributed by atoms with Crippen LogP contribution in [0.15, 0.2) is 18.2 Å². The normalized spacial score (nSPS) is 9.71. The van der Waals surface area contributed by atoms with Crippen molar-refractivity contribution in [3.63, 3.8) is 0 Å². The Bertz CT molecular complexity index is 435. The Hall–Kier alpha value is -1.82. The van der Waals surface area contributed by atoms with Crippen LogP contribution >= 0.6 is 12.2 Å². The van der Waals surface area contributed by atoms with Gasteiger partial charge in [-0.2, -0.15) is 0 Å². The molecule has 0 heterocycles. The fourth-order valence-corrected chi connectivity index (χ4v) is 1.32. The summed E-state index contributed by atoms with van der Waals surface area (Å²) in [5.41, 5.74) is 11.2. The lowest BCUT2D eigenvalue weighted by Gasteiger charge is -2.12. The van der Waals surface area contributed by atoms with Crippen LogP contribution in [0.25, 0.3) is 0 Å². The van der Waals surface area contributed by atoms with Gasteiger partial charge in [-0.3, -0.25) is 4.79 Å². The minimum Gasteiger partial charge on any atom is -0.490 e. The second-order valence-electron chi connectivity index (χ2n) is 3.21. The molecule has 6 heteroatoms. The minimum absolute atomic E-state index is 0.202. The molecule has 17 heavy (non-hydrogen) atoms. The molecule has 1 rings (SSSR count). The Balaban J connectivity index is 2.95. The van der Waals surface area contributed by atoms with Crippen molar-refractivity contribution in [2.45, 2.75) is 6.92 Å². The first kappa shape index (κ1) is 13.2. The lowest BCUT2D eigenvalue weighted by atomic mass is 10.2. The van der Waals surface area contributed by atoms with Crippen molar-refractivity contribution < 1.29 is 14.3 Å². The highest BCUT2D eigenvalue weighted by Gasteiger charge is 2.08. The van der Waals surface area contributed by atoms with Crippen LogP contribution in [0.3, 0.4) is 0 Å². The van der Waals surface area contributed by atoms with Gasteiger partial charge in [0.15, 0.2) is 18.1 Å². The molecule has 0 aliphatic heterocycles. The van der Waals surface area contributed by atoms with Crippen LogP contribution < -0.4 is 20.9 Å². The highest BCUT2D eigenvalue weighted by Crippen LogP contribution is 2.28. The summed E-state index contributed by atoms with van der Waals surface area (Å²) in [5.74, 6) is 0.371. The van der Waals surface area contributed by atoms with E-state index in [-0.39, 0.29) is 11.6 Å². The van der Waals surface area contributed by atoms with Crippen molar-refractivity contribution in [1.29, 1.82) is 0 Å². The minimum atomic E-state index is -0.550. The van der Waals surface area contributed by atoms with Gasteiger partial charge in [0.05, 0.1) is 6.61 Å². The number of primary amides is 1. The van der Waals surface area contributed by atoms with Crippen LogP contribution in [0.1, 0.15) is 12.5 Å². The number of ether oxygens (including phenoxy) is 2. The SMILES string of the molecule is CCOc1cc(C(N)=S)ccc1OCC(N)=O. The van der Waals surface area contributed by atoms with E-state index in [9.17, 15) is 4.79 Å². The average Bonchev–Trinajstić information content (AvgIpc) is 2.27. The number of benzene rings is 1. The summed E-state index contributed by atoms with van der Waals surface area (Å²) >= 11 is 4.86. The Morgan fingerprint density at radius 1 is 1.29 bits per heavy atom. The van der Waals surface area contributed by atoms with E-state index in [0.29, 0.717) is 23.7 Å². The number of carbonyl (C=O) groups is 1. The molecule has 1 aromatic rings. The van der Waals surface area contributed by atoms with Gasteiger partial charge in [-0.25, -0.2) is 0 Å². The summed E-state index contributed by atoms with van der Waals surface area (Å²) in [6.45, 7) is 2.10. The topological polar surface area (TPSA) is 87.6 Å². The molecule has 0 radical (unpaired) electrons. The van der Waals surface area contributed by atoms with Gasteiger partial charge >= 0.3 is 0 Å². The maximum absolute atomic E-state index is 10.6. The number of hydrogen-bond donors (Lipinski definition) is 2. The second kappa shape index (κ2) is 6.05. The fourth-order valence-electron chi connectivity index (χ4n) is 1.20. The molecule has 0 spiro atoms. The molecule has 1 amide bonds. The van der Waals surface area contributed by atoms with Gasteiger partial charge in [-0.15, -0.1) is 0 Å². The zero-order valence-electron chi connectivity index (χ0n) is 9.43. The summed E-state index contributed by atoms with van der Waals surface area (Å²) in [6, 6.07) is 5.01. The maximum atomic E-state index is 10.6. The monoisotopic (exact) mass is 254 g/mol. The van der Waals surface area contributed by atoms with Crippen LogP contribution in [0, 0.1) is 0 Å². The molecule has 0 saturated heterocycles. The third kappa shape index (κ3) is 3.92. The molecule has 0 unspecified atom stereocenters. The van der Waals surface area contributed by atoms with E-state index in [1.54, 1.807) is 18.2 Å². The lowest BCUT2D eigenvalue weighted by molar-refractivity contribution is -0.119. The van der Waals surface area contributed by atoms with Gasteiger partial charge in [-0.05, 0) is 25.1 Å². The quantitative estimate of drug-likeness (QED) is 0.725. The first-order chi connectivity index (χ1) is 8.04. The van der Waals surface area contributed by atoms with E-state index >= 15 is 0 Å². The number of amides is 1. The van der Waals surface area contributed by atoms with Gasteiger partial charge in [0.1, 0.15) is 4.99 Å². The van der Waals surface area contributed by atoms with Crippen LogP contribution in [0.2, 0.25) is 0 Å². The standard InChI is InChI=1S/C11H14N2O3S/c1-2-15-9-5-7(11(13)17)3-4-8(9)16-6-10(12)14/h3-5H,2,6H2,1H3,(H2,12,14)(H2,13,17). The first-order valence-electron chi connectivity index (χ1n) is 5.02. The van der Waals surface area contributed by atoms with Crippen molar-refractivity contribution in [2.75, 3.05) is 13.2 Å². The molecule has 92 valence electrons. The number of hydrogen-bond acceptors (Lipinski definition) is 4. The Morgan fingerprint density at radius 2 is 2.00 bits per heavy atom. The predicted molar refractivity (Wildman–Crippen MR) is 68.2 cm³/mol.